The van der Waals surface area contributed by atoms with Crippen LogP contribution in [0.2, 0.25) is 0 Å². The number of imide groups is 1. The van der Waals surface area contributed by atoms with E-state index >= 15 is 0 Å². The molecule has 0 saturated carbocycles. The molecule has 146 valence electrons. The molecule has 1 N–H and O–H groups in total. The summed E-state index contributed by atoms with van der Waals surface area (Å²) in [4.78, 5) is 38.2. The first-order valence-electron chi connectivity index (χ1n) is 9.43. The van der Waals surface area contributed by atoms with Crippen molar-refractivity contribution < 1.29 is 19.1 Å². The number of hydrogen-bond acceptors (Lipinski definition) is 4. The number of nitrogens with zero attached hydrogens (tertiary/aromatic N) is 1. The fourth-order valence-corrected chi connectivity index (χ4v) is 3.36. The van der Waals surface area contributed by atoms with E-state index in [2.05, 4.69) is 5.32 Å². The van der Waals surface area contributed by atoms with Gasteiger partial charge in [-0.2, -0.15) is 0 Å². The Labute approximate surface area is 164 Å². The van der Waals surface area contributed by atoms with Crippen molar-refractivity contribution in [3.8, 4) is 5.75 Å². The lowest BCUT2D eigenvalue weighted by molar-refractivity contribution is -0.122. The van der Waals surface area contributed by atoms with Crippen LogP contribution in [0.3, 0.4) is 0 Å². The molecule has 3 rings (SSSR count). The zero-order valence-corrected chi connectivity index (χ0v) is 16.1. The summed E-state index contributed by atoms with van der Waals surface area (Å²) in [6, 6.07) is 14.3. The molecule has 0 aliphatic carbocycles. The fourth-order valence-electron chi connectivity index (χ4n) is 3.36. The Morgan fingerprint density at radius 1 is 1.04 bits per heavy atom. The number of hydrogen-bond donors (Lipinski definition) is 1. The molecule has 0 radical (unpaired) electrons. The molecular formula is C22H24N2O4. The second kappa shape index (κ2) is 8.69. The van der Waals surface area contributed by atoms with Gasteiger partial charge < -0.3 is 10.1 Å². The van der Waals surface area contributed by atoms with E-state index in [9.17, 15) is 14.4 Å². The molecule has 0 aromatic heterocycles. The van der Waals surface area contributed by atoms with E-state index in [4.69, 9.17) is 4.74 Å². The third kappa shape index (κ3) is 4.06. The third-order valence-corrected chi connectivity index (χ3v) is 4.93. The van der Waals surface area contributed by atoms with E-state index in [1.54, 1.807) is 31.4 Å². The number of carbonyl (C=O) groups is 3. The lowest BCUT2D eigenvalue weighted by atomic mass is 10.0. The zero-order chi connectivity index (χ0) is 20.1. The maximum atomic E-state index is 12.3. The van der Waals surface area contributed by atoms with Crippen LogP contribution in [0.5, 0.6) is 5.75 Å². The second-order valence-electron chi connectivity index (χ2n) is 6.71. The monoisotopic (exact) mass is 380 g/mol. The summed E-state index contributed by atoms with van der Waals surface area (Å²) in [5.74, 6) is 0.0986. The van der Waals surface area contributed by atoms with Gasteiger partial charge >= 0.3 is 0 Å². The van der Waals surface area contributed by atoms with Gasteiger partial charge in [0.1, 0.15) is 5.75 Å². The SMILES string of the molecule is CCC(NC(=O)CCCN1C(=O)c2ccccc2C1=O)c1ccc(OC)cc1. The number of methoxy groups -OCH3 is 1. The van der Waals surface area contributed by atoms with E-state index in [1.807, 2.05) is 31.2 Å². The molecule has 28 heavy (non-hydrogen) atoms. The van der Waals surface area contributed by atoms with E-state index in [0.29, 0.717) is 17.5 Å². The van der Waals surface area contributed by atoms with Crippen LogP contribution in [-0.4, -0.2) is 36.3 Å². The van der Waals surface area contributed by atoms with Crippen LogP contribution in [0.15, 0.2) is 48.5 Å². The maximum Gasteiger partial charge on any atom is 0.261 e. The summed E-state index contributed by atoms with van der Waals surface area (Å²) in [5.41, 5.74) is 1.88. The van der Waals surface area contributed by atoms with Gasteiger partial charge in [0.2, 0.25) is 5.91 Å². The minimum atomic E-state index is -0.286. The van der Waals surface area contributed by atoms with E-state index in [-0.39, 0.29) is 36.7 Å². The van der Waals surface area contributed by atoms with Crippen LogP contribution < -0.4 is 10.1 Å². The molecule has 1 atom stereocenters. The van der Waals surface area contributed by atoms with Gasteiger partial charge in [0, 0.05) is 13.0 Å². The zero-order valence-electron chi connectivity index (χ0n) is 16.1. The van der Waals surface area contributed by atoms with Gasteiger partial charge in [-0.3, -0.25) is 19.3 Å². The predicted octanol–water partition coefficient (Wildman–Crippen LogP) is 3.34. The first-order chi connectivity index (χ1) is 13.5. The molecule has 3 amide bonds. The quantitative estimate of drug-likeness (QED) is 0.713. The highest BCUT2D eigenvalue weighted by Crippen LogP contribution is 2.23. The van der Waals surface area contributed by atoms with Gasteiger partial charge in [0.15, 0.2) is 0 Å². The standard InChI is InChI=1S/C22H24N2O4/c1-3-19(15-10-12-16(28-2)13-11-15)23-20(25)9-6-14-24-21(26)17-7-4-5-8-18(17)22(24)27/h4-5,7-8,10-13,19H,3,6,9,14H2,1-2H3,(H,23,25). The molecule has 0 bridgehead atoms. The first-order valence-corrected chi connectivity index (χ1v) is 9.43. The number of ether oxygens (including phenoxy) is 1. The number of rotatable bonds is 8. The molecule has 6 heteroatoms. The van der Waals surface area contributed by atoms with Crippen molar-refractivity contribution in [1.29, 1.82) is 0 Å². The lowest BCUT2D eigenvalue weighted by Crippen LogP contribution is -2.32. The van der Waals surface area contributed by atoms with Gasteiger partial charge in [0.25, 0.3) is 11.8 Å². The van der Waals surface area contributed by atoms with Crippen molar-refractivity contribution in [2.45, 2.75) is 32.2 Å². The average Bonchev–Trinajstić information content (AvgIpc) is 2.97. The second-order valence-corrected chi connectivity index (χ2v) is 6.71. The summed E-state index contributed by atoms with van der Waals surface area (Å²) in [7, 11) is 1.61. The lowest BCUT2D eigenvalue weighted by Gasteiger charge is -2.18. The Kier molecular flexibility index (Phi) is 6.09. The molecule has 0 saturated heterocycles. The normalized spacial score (nSPS) is 14.0. The summed E-state index contributed by atoms with van der Waals surface area (Å²) >= 11 is 0. The average molecular weight is 380 g/mol. The summed E-state index contributed by atoms with van der Waals surface area (Å²) in [6.07, 6.45) is 1.44. The van der Waals surface area contributed by atoms with Crippen LogP contribution in [0, 0.1) is 0 Å². The molecule has 1 aliphatic heterocycles. The fraction of sp³-hybridized carbons (Fsp3) is 0.318. The van der Waals surface area contributed by atoms with Gasteiger partial charge in [-0.15, -0.1) is 0 Å². The van der Waals surface area contributed by atoms with Crippen molar-refractivity contribution >= 4 is 17.7 Å². The van der Waals surface area contributed by atoms with Crippen molar-refractivity contribution in [3.63, 3.8) is 0 Å². The molecular weight excluding hydrogens is 356 g/mol. The molecule has 6 nitrogen and oxygen atoms in total. The minimum Gasteiger partial charge on any atom is -0.497 e. The minimum absolute atomic E-state index is 0.0855. The van der Waals surface area contributed by atoms with E-state index < -0.39 is 0 Å². The Morgan fingerprint density at radius 3 is 2.18 bits per heavy atom. The summed E-state index contributed by atoms with van der Waals surface area (Å²) in [6.45, 7) is 2.24. The van der Waals surface area contributed by atoms with Gasteiger partial charge in [-0.05, 0) is 42.7 Å². The van der Waals surface area contributed by atoms with Crippen molar-refractivity contribution in [2.24, 2.45) is 0 Å². The Balaban J connectivity index is 1.51. The van der Waals surface area contributed by atoms with Gasteiger partial charge in [0.05, 0.1) is 24.3 Å². The summed E-state index contributed by atoms with van der Waals surface area (Å²) in [5, 5.41) is 3.02. The van der Waals surface area contributed by atoms with Crippen LogP contribution in [0.25, 0.3) is 0 Å². The number of amides is 3. The predicted molar refractivity (Wildman–Crippen MR) is 105 cm³/mol. The molecule has 1 aliphatic rings. The molecule has 1 unspecified atom stereocenters. The van der Waals surface area contributed by atoms with Gasteiger partial charge in [-0.1, -0.05) is 31.2 Å². The number of nitrogens with one attached hydrogen (secondary N) is 1. The van der Waals surface area contributed by atoms with Crippen LogP contribution in [0.4, 0.5) is 0 Å². The maximum absolute atomic E-state index is 12.3. The first kappa shape index (κ1) is 19.6. The molecule has 0 spiro atoms. The molecule has 1 heterocycles. The van der Waals surface area contributed by atoms with Crippen LogP contribution in [0.1, 0.15) is 58.5 Å². The Hall–Kier alpha value is -3.15. The largest absolute Gasteiger partial charge is 0.497 e. The number of fused-ring (bicyclic) bond motifs is 1. The molecule has 2 aromatic carbocycles. The number of carbonyl (C=O) groups excluding carboxylic acids is 3. The van der Waals surface area contributed by atoms with E-state index in [1.165, 1.54) is 4.90 Å². The van der Waals surface area contributed by atoms with Crippen LogP contribution in [-0.2, 0) is 4.79 Å². The smallest absolute Gasteiger partial charge is 0.261 e. The van der Waals surface area contributed by atoms with Crippen molar-refractivity contribution in [2.75, 3.05) is 13.7 Å². The van der Waals surface area contributed by atoms with Crippen LogP contribution >= 0.6 is 0 Å². The highest BCUT2D eigenvalue weighted by Gasteiger charge is 2.34. The van der Waals surface area contributed by atoms with E-state index in [0.717, 1.165) is 17.7 Å². The Bertz CT molecular complexity index is 841. The van der Waals surface area contributed by atoms with Crippen molar-refractivity contribution in [3.05, 3.63) is 65.2 Å². The van der Waals surface area contributed by atoms with Gasteiger partial charge in [-0.25, -0.2) is 0 Å². The molecule has 0 fully saturated rings. The summed E-state index contributed by atoms with van der Waals surface area (Å²) < 4.78 is 5.16. The highest BCUT2D eigenvalue weighted by molar-refractivity contribution is 6.21. The number of benzene rings is 2. The third-order valence-electron chi connectivity index (χ3n) is 4.93. The highest BCUT2D eigenvalue weighted by atomic mass is 16.5. The Morgan fingerprint density at radius 2 is 1.64 bits per heavy atom. The molecule has 2 aromatic rings. The van der Waals surface area contributed by atoms with Crippen molar-refractivity contribution in [1.82, 2.24) is 10.2 Å². The topological polar surface area (TPSA) is 75.7 Å².